The number of anilines is 1. The third-order valence-corrected chi connectivity index (χ3v) is 4.77. The van der Waals surface area contributed by atoms with Crippen LogP contribution >= 0.6 is 11.6 Å². The Morgan fingerprint density at radius 1 is 1.14 bits per heavy atom. The highest BCUT2D eigenvalue weighted by Gasteiger charge is 2.17. The van der Waals surface area contributed by atoms with Crippen molar-refractivity contribution in [2.75, 3.05) is 12.4 Å². The number of nitrogens with zero attached hydrogens (tertiary/aromatic N) is 2. The normalized spacial score (nSPS) is 10.6. The van der Waals surface area contributed by atoms with Crippen LogP contribution < -0.4 is 5.32 Å². The Morgan fingerprint density at radius 3 is 2.54 bits per heavy atom. The summed E-state index contributed by atoms with van der Waals surface area (Å²) in [5.41, 5.74) is 4.14. The highest BCUT2D eigenvalue weighted by atomic mass is 35.5. The Labute approximate surface area is 168 Å². The van der Waals surface area contributed by atoms with Crippen molar-refractivity contribution in [2.24, 2.45) is 0 Å². The van der Waals surface area contributed by atoms with Crippen LogP contribution in [-0.4, -0.2) is 28.8 Å². The van der Waals surface area contributed by atoms with Crippen molar-refractivity contribution in [1.29, 1.82) is 0 Å². The second-order valence-corrected chi connectivity index (χ2v) is 6.72. The maximum atomic E-state index is 12.6. The van der Waals surface area contributed by atoms with Gasteiger partial charge in [-0.05, 0) is 44.2 Å². The number of hydrogen-bond donors (Lipinski definition) is 1. The SMILES string of the molecule is COC(=O)c1ccc(Cl)c(NC(=O)Cc2c(C)nn(-c3ccccc3)c2C)c1. The molecule has 0 radical (unpaired) electrons. The Hall–Kier alpha value is -3.12. The zero-order valence-corrected chi connectivity index (χ0v) is 16.6. The van der Waals surface area contributed by atoms with Gasteiger partial charge in [0.05, 0.1) is 41.2 Å². The maximum Gasteiger partial charge on any atom is 0.337 e. The molecular formula is C21H20ClN3O3. The number of esters is 1. The van der Waals surface area contributed by atoms with Crippen LogP contribution in [0.3, 0.4) is 0 Å². The van der Waals surface area contributed by atoms with E-state index in [9.17, 15) is 9.59 Å². The van der Waals surface area contributed by atoms with E-state index >= 15 is 0 Å². The first-order chi connectivity index (χ1) is 13.4. The van der Waals surface area contributed by atoms with E-state index < -0.39 is 5.97 Å². The monoisotopic (exact) mass is 397 g/mol. The third kappa shape index (κ3) is 4.07. The van der Waals surface area contributed by atoms with Crippen LogP contribution in [0, 0.1) is 13.8 Å². The lowest BCUT2D eigenvalue weighted by Gasteiger charge is -2.09. The number of carbonyl (C=O) groups is 2. The molecule has 1 amide bonds. The highest BCUT2D eigenvalue weighted by Crippen LogP contribution is 2.24. The predicted octanol–water partition coefficient (Wildman–Crippen LogP) is 4.11. The number of aromatic nitrogens is 2. The fraction of sp³-hybridized carbons (Fsp3) is 0.190. The molecule has 0 saturated carbocycles. The molecule has 0 aliphatic carbocycles. The first-order valence-corrected chi connectivity index (χ1v) is 9.06. The summed E-state index contributed by atoms with van der Waals surface area (Å²) in [7, 11) is 1.30. The number of nitrogens with one attached hydrogen (secondary N) is 1. The molecule has 0 saturated heterocycles. The number of amides is 1. The Balaban J connectivity index is 1.81. The molecule has 0 atom stereocenters. The van der Waals surface area contributed by atoms with Gasteiger partial charge in [-0.3, -0.25) is 4.79 Å². The zero-order valence-electron chi connectivity index (χ0n) is 15.8. The molecule has 0 fully saturated rings. The second kappa shape index (κ2) is 8.27. The maximum absolute atomic E-state index is 12.6. The molecule has 0 bridgehead atoms. The standard InChI is InChI=1S/C21H20ClN3O3/c1-13-17(14(2)25(24-13)16-7-5-4-6-8-16)12-20(26)23-19-11-15(21(27)28-3)9-10-18(19)22/h4-11H,12H2,1-3H3,(H,23,26). The molecule has 6 nitrogen and oxygen atoms in total. The second-order valence-electron chi connectivity index (χ2n) is 6.31. The van der Waals surface area contributed by atoms with E-state index in [-0.39, 0.29) is 12.3 Å². The fourth-order valence-electron chi connectivity index (χ4n) is 2.97. The van der Waals surface area contributed by atoms with Gasteiger partial charge in [0, 0.05) is 11.3 Å². The number of carbonyl (C=O) groups excluding carboxylic acids is 2. The Morgan fingerprint density at radius 2 is 1.86 bits per heavy atom. The Kier molecular flexibility index (Phi) is 5.80. The van der Waals surface area contributed by atoms with Crippen molar-refractivity contribution < 1.29 is 14.3 Å². The van der Waals surface area contributed by atoms with Crippen LogP contribution in [0.1, 0.15) is 27.3 Å². The van der Waals surface area contributed by atoms with Crippen molar-refractivity contribution >= 4 is 29.2 Å². The van der Waals surface area contributed by atoms with Gasteiger partial charge >= 0.3 is 5.97 Å². The molecular weight excluding hydrogens is 378 g/mol. The number of methoxy groups -OCH3 is 1. The quantitative estimate of drug-likeness (QED) is 0.657. The van der Waals surface area contributed by atoms with Crippen LogP contribution in [-0.2, 0) is 16.0 Å². The van der Waals surface area contributed by atoms with Gasteiger partial charge in [-0.15, -0.1) is 0 Å². The van der Waals surface area contributed by atoms with E-state index in [0.717, 1.165) is 22.6 Å². The molecule has 0 spiro atoms. The molecule has 0 aliphatic rings. The summed E-state index contributed by atoms with van der Waals surface area (Å²) in [4.78, 5) is 24.3. The van der Waals surface area contributed by atoms with E-state index in [1.807, 2.05) is 48.9 Å². The summed E-state index contributed by atoms with van der Waals surface area (Å²) in [6.45, 7) is 3.81. The van der Waals surface area contributed by atoms with Gasteiger partial charge in [0.25, 0.3) is 0 Å². The van der Waals surface area contributed by atoms with Gasteiger partial charge < -0.3 is 10.1 Å². The van der Waals surface area contributed by atoms with Crippen LogP contribution in [0.5, 0.6) is 0 Å². The summed E-state index contributed by atoms with van der Waals surface area (Å²) in [5, 5.41) is 7.66. The molecule has 1 aromatic heterocycles. The van der Waals surface area contributed by atoms with Gasteiger partial charge in [0.2, 0.25) is 5.91 Å². The van der Waals surface area contributed by atoms with Crippen LogP contribution in [0.4, 0.5) is 5.69 Å². The van der Waals surface area contributed by atoms with Crippen LogP contribution in [0.2, 0.25) is 5.02 Å². The first kappa shape index (κ1) is 19.6. The molecule has 1 N–H and O–H groups in total. The average Bonchev–Trinajstić information content (AvgIpc) is 2.98. The van der Waals surface area contributed by atoms with Gasteiger partial charge in [-0.25, -0.2) is 9.48 Å². The lowest BCUT2D eigenvalue weighted by Crippen LogP contribution is -2.16. The number of hydrogen-bond acceptors (Lipinski definition) is 4. The number of benzene rings is 2. The predicted molar refractivity (Wildman–Crippen MR) is 108 cm³/mol. The third-order valence-electron chi connectivity index (χ3n) is 4.44. The molecule has 0 unspecified atom stereocenters. The van der Waals surface area contributed by atoms with Gasteiger partial charge in [-0.1, -0.05) is 29.8 Å². The zero-order chi connectivity index (χ0) is 20.3. The summed E-state index contributed by atoms with van der Waals surface area (Å²) >= 11 is 6.15. The molecule has 3 rings (SSSR count). The molecule has 28 heavy (non-hydrogen) atoms. The van der Waals surface area contributed by atoms with Crippen molar-refractivity contribution in [2.45, 2.75) is 20.3 Å². The summed E-state index contributed by atoms with van der Waals surface area (Å²) in [6.07, 6.45) is 0.142. The van der Waals surface area contributed by atoms with Gasteiger partial charge in [0.1, 0.15) is 0 Å². The first-order valence-electron chi connectivity index (χ1n) is 8.69. The molecule has 7 heteroatoms. The van der Waals surface area contributed by atoms with E-state index in [4.69, 9.17) is 16.3 Å². The van der Waals surface area contributed by atoms with E-state index in [2.05, 4.69) is 10.4 Å². The minimum atomic E-state index is -0.497. The smallest absolute Gasteiger partial charge is 0.337 e. The Bertz CT molecular complexity index is 1030. The number of halogens is 1. The lowest BCUT2D eigenvalue weighted by atomic mass is 10.1. The number of rotatable bonds is 5. The summed E-state index contributed by atoms with van der Waals surface area (Å²) < 4.78 is 6.52. The number of aryl methyl sites for hydroxylation is 1. The van der Waals surface area contributed by atoms with Crippen molar-refractivity contribution in [1.82, 2.24) is 9.78 Å². The van der Waals surface area contributed by atoms with Gasteiger partial charge in [0.15, 0.2) is 0 Å². The average molecular weight is 398 g/mol. The minimum absolute atomic E-state index is 0.142. The molecule has 144 valence electrons. The van der Waals surface area contributed by atoms with Crippen LogP contribution in [0.25, 0.3) is 5.69 Å². The lowest BCUT2D eigenvalue weighted by molar-refractivity contribution is -0.115. The largest absolute Gasteiger partial charge is 0.465 e. The van der Waals surface area contributed by atoms with E-state index in [1.165, 1.54) is 13.2 Å². The van der Waals surface area contributed by atoms with E-state index in [1.54, 1.807) is 12.1 Å². The van der Waals surface area contributed by atoms with E-state index in [0.29, 0.717) is 16.3 Å². The number of para-hydroxylation sites is 1. The van der Waals surface area contributed by atoms with Crippen LogP contribution in [0.15, 0.2) is 48.5 Å². The molecule has 2 aromatic carbocycles. The molecule has 3 aromatic rings. The fourth-order valence-corrected chi connectivity index (χ4v) is 3.14. The highest BCUT2D eigenvalue weighted by molar-refractivity contribution is 6.33. The minimum Gasteiger partial charge on any atom is -0.465 e. The topological polar surface area (TPSA) is 73.2 Å². The molecule has 0 aliphatic heterocycles. The van der Waals surface area contributed by atoms with Crippen molar-refractivity contribution in [3.8, 4) is 5.69 Å². The van der Waals surface area contributed by atoms with Gasteiger partial charge in [-0.2, -0.15) is 5.10 Å². The summed E-state index contributed by atoms with van der Waals surface area (Å²) in [5.74, 6) is -0.745. The summed E-state index contributed by atoms with van der Waals surface area (Å²) in [6, 6.07) is 14.3. The molecule has 1 heterocycles. The van der Waals surface area contributed by atoms with Crippen molar-refractivity contribution in [3.63, 3.8) is 0 Å². The number of ether oxygens (including phenoxy) is 1. The van der Waals surface area contributed by atoms with Crippen molar-refractivity contribution in [3.05, 3.63) is 76.1 Å².